The van der Waals surface area contributed by atoms with Crippen LogP contribution >= 0.6 is 11.6 Å². The van der Waals surface area contributed by atoms with Crippen LogP contribution in [-0.4, -0.2) is 15.1 Å². The third kappa shape index (κ3) is 2.12. The van der Waals surface area contributed by atoms with E-state index in [1.54, 1.807) is 24.4 Å². The highest BCUT2D eigenvalue weighted by molar-refractivity contribution is 6.33. The normalized spacial score (nSPS) is 10.7. The van der Waals surface area contributed by atoms with E-state index in [1.807, 2.05) is 19.1 Å². The lowest BCUT2D eigenvalue weighted by Gasteiger charge is -2.02. The summed E-state index contributed by atoms with van der Waals surface area (Å²) in [4.78, 5) is 8.58. The van der Waals surface area contributed by atoms with Crippen LogP contribution in [0.5, 0.6) is 0 Å². The zero-order valence-corrected chi connectivity index (χ0v) is 11.4. The van der Waals surface area contributed by atoms with Gasteiger partial charge in [-0.2, -0.15) is 4.98 Å². The predicted molar refractivity (Wildman–Crippen MR) is 77.1 cm³/mol. The molecule has 0 aliphatic rings. The fourth-order valence-electron chi connectivity index (χ4n) is 1.91. The average Bonchev–Trinajstić information content (AvgIpc) is 2.88. The SMILES string of the molecule is Cc1cccnc1-c1noc(-c2c(N)cccc2Cl)n1. The summed E-state index contributed by atoms with van der Waals surface area (Å²) in [5.74, 6) is 0.700. The number of hydrogen-bond acceptors (Lipinski definition) is 5. The summed E-state index contributed by atoms with van der Waals surface area (Å²) < 4.78 is 5.26. The Morgan fingerprint density at radius 3 is 2.80 bits per heavy atom. The lowest BCUT2D eigenvalue weighted by molar-refractivity contribution is 0.432. The minimum atomic E-state index is 0.285. The largest absolute Gasteiger partial charge is 0.398 e. The van der Waals surface area contributed by atoms with Gasteiger partial charge in [-0.05, 0) is 30.7 Å². The van der Waals surface area contributed by atoms with Gasteiger partial charge >= 0.3 is 0 Å². The van der Waals surface area contributed by atoms with Crippen molar-refractivity contribution in [3.8, 4) is 23.0 Å². The lowest BCUT2D eigenvalue weighted by atomic mass is 10.2. The second-order valence-corrected chi connectivity index (χ2v) is 4.70. The number of aromatic nitrogens is 3. The Hall–Kier alpha value is -2.40. The predicted octanol–water partition coefficient (Wildman–Crippen LogP) is 3.34. The smallest absolute Gasteiger partial charge is 0.261 e. The molecule has 0 aliphatic heterocycles. The molecule has 5 nitrogen and oxygen atoms in total. The van der Waals surface area contributed by atoms with Crippen LogP contribution in [0.15, 0.2) is 41.1 Å². The highest BCUT2D eigenvalue weighted by Gasteiger charge is 2.17. The number of hydrogen-bond donors (Lipinski definition) is 1. The summed E-state index contributed by atoms with van der Waals surface area (Å²) in [7, 11) is 0. The number of anilines is 1. The first-order valence-electron chi connectivity index (χ1n) is 5.97. The number of nitrogen functional groups attached to an aromatic ring is 1. The summed E-state index contributed by atoms with van der Waals surface area (Å²) in [6, 6.07) is 9.01. The summed E-state index contributed by atoms with van der Waals surface area (Å²) in [6.07, 6.45) is 1.68. The molecule has 2 heterocycles. The van der Waals surface area contributed by atoms with Crippen LogP contribution in [0.25, 0.3) is 23.0 Å². The van der Waals surface area contributed by atoms with Gasteiger partial charge in [0.15, 0.2) is 0 Å². The molecule has 0 saturated heterocycles. The van der Waals surface area contributed by atoms with Crippen LogP contribution < -0.4 is 5.73 Å². The second-order valence-electron chi connectivity index (χ2n) is 4.30. The zero-order chi connectivity index (χ0) is 14.1. The molecule has 20 heavy (non-hydrogen) atoms. The number of benzene rings is 1. The number of nitrogens with zero attached hydrogens (tertiary/aromatic N) is 3. The molecule has 0 bridgehead atoms. The highest BCUT2D eigenvalue weighted by atomic mass is 35.5. The van der Waals surface area contributed by atoms with E-state index in [1.165, 1.54) is 0 Å². The number of halogens is 1. The van der Waals surface area contributed by atoms with Crippen molar-refractivity contribution in [1.82, 2.24) is 15.1 Å². The van der Waals surface area contributed by atoms with Crippen LogP contribution in [0.3, 0.4) is 0 Å². The van der Waals surface area contributed by atoms with Gasteiger partial charge in [0.1, 0.15) is 5.69 Å². The molecule has 0 saturated carbocycles. The van der Waals surface area contributed by atoms with E-state index in [-0.39, 0.29) is 5.89 Å². The molecule has 0 radical (unpaired) electrons. The summed E-state index contributed by atoms with van der Waals surface area (Å²) in [5, 5.41) is 4.41. The van der Waals surface area contributed by atoms with Crippen molar-refractivity contribution in [2.45, 2.75) is 6.92 Å². The molecule has 0 aliphatic carbocycles. The molecule has 0 unspecified atom stereocenters. The molecular formula is C14H11ClN4O. The first kappa shape index (κ1) is 12.6. The third-order valence-corrected chi connectivity index (χ3v) is 3.22. The van der Waals surface area contributed by atoms with Crippen molar-refractivity contribution in [3.63, 3.8) is 0 Å². The van der Waals surface area contributed by atoms with Crippen LogP contribution in [0.2, 0.25) is 5.02 Å². The van der Waals surface area contributed by atoms with Crippen molar-refractivity contribution in [2.75, 3.05) is 5.73 Å². The van der Waals surface area contributed by atoms with Crippen molar-refractivity contribution < 1.29 is 4.52 Å². The molecule has 2 N–H and O–H groups in total. The summed E-state index contributed by atoms with van der Waals surface area (Å²) in [5.41, 5.74) is 8.58. The number of pyridine rings is 1. The van der Waals surface area contributed by atoms with Gasteiger partial charge in [-0.25, -0.2) is 0 Å². The molecule has 2 aromatic heterocycles. The van der Waals surface area contributed by atoms with Gasteiger partial charge in [-0.1, -0.05) is 28.9 Å². The third-order valence-electron chi connectivity index (χ3n) is 2.91. The van der Waals surface area contributed by atoms with Crippen LogP contribution in [0, 0.1) is 6.92 Å². The van der Waals surface area contributed by atoms with Gasteiger partial charge in [0.05, 0.1) is 10.6 Å². The molecule has 1 aromatic carbocycles. The number of nitrogens with two attached hydrogens (primary N) is 1. The van der Waals surface area contributed by atoms with Crippen molar-refractivity contribution in [1.29, 1.82) is 0 Å². The number of rotatable bonds is 2. The van der Waals surface area contributed by atoms with Gasteiger partial charge in [0.2, 0.25) is 5.82 Å². The molecule has 3 aromatic rings. The van der Waals surface area contributed by atoms with Crippen molar-refractivity contribution in [2.24, 2.45) is 0 Å². The monoisotopic (exact) mass is 286 g/mol. The van der Waals surface area contributed by atoms with Crippen molar-refractivity contribution >= 4 is 17.3 Å². The van der Waals surface area contributed by atoms with Crippen LogP contribution in [-0.2, 0) is 0 Å². The van der Waals surface area contributed by atoms with E-state index in [9.17, 15) is 0 Å². The highest BCUT2D eigenvalue weighted by Crippen LogP contribution is 2.33. The minimum absolute atomic E-state index is 0.285. The van der Waals surface area contributed by atoms with E-state index < -0.39 is 0 Å². The molecule has 3 rings (SSSR count). The number of aryl methyl sites for hydroxylation is 1. The summed E-state index contributed by atoms with van der Waals surface area (Å²) in [6.45, 7) is 1.93. The van der Waals surface area contributed by atoms with E-state index >= 15 is 0 Å². The van der Waals surface area contributed by atoms with Crippen LogP contribution in [0.4, 0.5) is 5.69 Å². The average molecular weight is 287 g/mol. The fraction of sp³-hybridized carbons (Fsp3) is 0.0714. The topological polar surface area (TPSA) is 77.8 Å². The lowest BCUT2D eigenvalue weighted by Crippen LogP contribution is -1.92. The molecule has 0 amide bonds. The Kier molecular flexibility index (Phi) is 3.12. The molecule has 0 fully saturated rings. The first-order chi connectivity index (χ1) is 9.66. The Morgan fingerprint density at radius 1 is 1.20 bits per heavy atom. The van der Waals surface area contributed by atoms with Crippen LogP contribution in [0.1, 0.15) is 5.56 Å². The molecular weight excluding hydrogens is 276 g/mol. The molecule has 0 spiro atoms. The molecule has 100 valence electrons. The van der Waals surface area contributed by atoms with E-state index in [0.29, 0.717) is 27.8 Å². The van der Waals surface area contributed by atoms with Gasteiger partial charge < -0.3 is 10.3 Å². The Morgan fingerprint density at radius 2 is 2.05 bits per heavy atom. The van der Waals surface area contributed by atoms with Gasteiger partial charge in [0, 0.05) is 11.9 Å². The quantitative estimate of drug-likeness (QED) is 0.731. The minimum Gasteiger partial charge on any atom is -0.398 e. The molecule has 6 heteroatoms. The van der Waals surface area contributed by atoms with E-state index in [0.717, 1.165) is 5.56 Å². The van der Waals surface area contributed by atoms with Crippen molar-refractivity contribution in [3.05, 3.63) is 47.1 Å². The standard InChI is InChI=1S/C14H11ClN4O/c1-8-4-3-7-17-12(8)13-18-14(20-19-13)11-9(15)5-2-6-10(11)16/h2-7H,16H2,1H3. The van der Waals surface area contributed by atoms with Gasteiger partial charge in [-0.3, -0.25) is 4.98 Å². The summed E-state index contributed by atoms with van der Waals surface area (Å²) >= 11 is 6.13. The Balaban J connectivity index is 2.10. The maximum Gasteiger partial charge on any atom is 0.261 e. The Labute approximate surface area is 120 Å². The van der Waals surface area contributed by atoms with E-state index in [2.05, 4.69) is 15.1 Å². The van der Waals surface area contributed by atoms with Gasteiger partial charge in [0.25, 0.3) is 5.89 Å². The second kappa shape index (κ2) is 4.94. The maximum atomic E-state index is 6.13. The first-order valence-corrected chi connectivity index (χ1v) is 6.34. The fourth-order valence-corrected chi connectivity index (χ4v) is 2.17. The molecule has 0 atom stereocenters. The Bertz CT molecular complexity index is 749. The van der Waals surface area contributed by atoms with Gasteiger partial charge in [-0.15, -0.1) is 0 Å². The van der Waals surface area contributed by atoms with E-state index in [4.69, 9.17) is 21.9 Å². The maximum absolute atomic E-state index is 6.13. The zero-order valence-electron chi connectivity index (χ0n) is 10.7.